The molecular formula is C9H8Cl2F. The molecule has 1 aromatic rings. The van der Waals surface area contributed by atoms with Gasteiger partial charge in [-0.05, 0) is 24.6 Å². The Balaban J connectivity index is 2.96. The van der Waals surface area contributed by atoms with Crippen LogP contribution in [0.1, 0.15) is 11.5 Å². The number of hydrogen-bond acceptors (Lipinski definition) is 0. The van der Waals surface area contributed by atoms with E-state index in [2.05, 4.69) is 6.92 Å². The third-order valence-corrected chi connectivity index (χ3v) is 2.34. The van der Waals surface area contributed by atoms with Crippen molar-refractivity contribution in [1.29, 1.82) is 0 Å². The zero-order valence-corrected chi connectivity index (χ0v) is 7.87. The van der Waals surface area contributed by atoms with Crippen molar-refractivity contribution in [2.75, 3.05) is 6.67 Å². The third kappa shape index (κ3) is 2.11. The summed E-state index contributed by atoms with van der Waals surface area (Å²) in [6.45, 7) is 3.13. The van der Waals surface area contributed by atoms with Crippen LogP contribution in [0.4, 0.5) is 4.39 Å². The highest BCUT2D eigenvalue weighted by molar-refractivity contribution is 6.42. The van der Waals surface area contributed by atoms with E-state index in [1.807, 2.05) is 0 Å². The van der Waals surface area contributed by atoms with Crippen LogP contribution in [0, 0.1) is 6.92 Å². The molecule has 0 amide bonds. The average Bonchev–Trinajstić information content (AvgIpc) is 2.08. The molecule has 65 valence electrons. The van der Waals surface area contributed by atoms with Gasteiger partial charge in [-0.2, -0.15) is 0 Å². The van der Waals surface area contributed by atoms with Crippen molar-refractivity contribution in [2.45, 2.75) is 5.92 Å². The fourth-order valence-electron chi connectivity index (χ4n) is 0.855. The monoisotopic (exact) mass is 205 g/mol. The van der Waals surface area contributed by atoms with Gasteiger partial charge in [0.2, 0.25) is 0 Å². The second-order valence-electron chi connectivity index (χ2n) is 2.52. The van der Waals surface area contributed by atoms with Crippen LogP contribution in [0.25, 0.3) is 0 Å². The van der Waals surface area contributed by atoms with Crippen molar-refractivity contribution in [3.63, 3.8) is 0 Å². The Morgan fingerprint density at radius 3 is 2.50 bits per heavy atom. The van der Waals surface area contributed by atoms with Crippen molar-refractivity contribution in [1.82, 2.24) is 0 Å². The fraction of sp³-hybridized carbons (Fsp3) is 0.222. The van der Waals surface area contributed by atoms with E-state index < -0.39 is 6.67 Å². The summed E-state index contributed by atoms with van der Waals surface area (Å²) in [5, 5.41) is 0.919. The fourth-order valence-corrected chi connectivity index (χ4v) is 1.16. The van der Waals surface area contributed by atoms with E-state index in [9.17, 15) is 4.39 Å². The smallest absolute Gasteiger partial charge is 0.0962 e. The standard InChI is InChI=1S/C9H8Cl2F/c1-6(5-12)7-2-3-8(10)9(11)4-7/h2-4,6H,1,5H2. The highest BCUT2D eigenvalue weighted by Gasteiger charge is 2.06. The molecule has 0 spiro atoms. The minimum Gasteiger partial charge on any atom is -0.250 e. The molecule has 0 nitrogen and oxygen atoms in total. The van der Waals surface area contributed by atoms with Crippen LogP contribution in [-0.2, 0) is 0 Å². The second-order valence-corrected chi connectivity index (χ2v) is 3.34. The minimum absolute atomic E-state index is 0.361. The van der Waals surface area contributed by atoms with Crippen LogP contribution in [0.15, 0.2) is 18.2 Å². The van der Waals surface area contributed by atoms with Crippen molar-refractivity contribution in [3.05, 3.63) is 40.7 Å². The Morgan fingerprint density at radius 1 is 1.33 bits per heavy atom. The van der Waals surface area contributed by atoms with Crippen molar-refractivity contribution in [2.24, 2.45) is 0 Å². The van der Waals surface area contributed by atoms with E-state index in [4.69, 9.17) is 23.2 Å². The van der Waals surface area contributed by atoms with E-state index in [0.717, 1.165) is 5.56 Å². The Kier molecular flexibility index (Phi) is 3.36. The van der Waals surface area contributed by atoms with Crippen molar-refractivity contribution >= 4 is 23.2 Å². The van der Waals surface area contributed by atoms with E-state index in [0.29, 0.717) is 10.0 Å². The number of halogens is 3. The molecular weight excluding hydrogens is 198 g/mol. The minimum atomic E-state index is -0.488. The Bertz CT molecular complexity index is 273. The molecule has 0 aliphatic rings. The summed E-state index contributed by atoms with van der Waals surface area (Å²) in [7, 11) is 0. The average molecular weight is 206 g/mol. The molecule has 1 radical (unpaired) electrons. The predicted octanol–water partition coefficient (Wildman–Crippen LogP) is 3.88. The molecule has 3 heteroatoms. The Labute approximate surface area is 81.3 Å². The molecule has 0 fully saturated rings. The number of alkyl halides is 1. The van der Waals surface area contributed by atoms with Gasteiger partial charge in [0, 0.05) is 5.92 Å². The zero-order chi connectivity index (χ0) is 9.14. The topological polar surface area (TPSA) is 0 Å². The normalized spacial score (nSPS) is 13.0. The second kappa shape index (κ2) is 4.11. The van der Waals surface area contributed by atoms with Crippen molar-refractivity contribution < 1.29 is 4.39 Å². The maximum atomic E-state index is 12.2. The molecule has 0 heterocycles. The van der Waals surface area contributed by atoms with Gasteiger partial charge < -0.3 is 0 Å². The molecule has 1 unspecified atom stereocenters. The lowest BCUT2D eigenvalue weighted by Gasteiger charge is -2.07. The lowest BCUT2D eigenvalue weighted by Crippen LogP contribution is -1.95. The van der Waals surface area contributed by atoms with Gasteiger partial charge in [-0.15, -0.1) is 0 Å². The molecule has 0 aliphatic heterocycles. The molecule has 0 bridgehead atoms. The molecule has 0 saturated carbocycles. The van der Waals surface area contributed by atoms with Gasteiger partial charge in [0.05, 0.1) is 16.7 Å². The molecule has 0 aromatic heterocycles. The Hall–Kier alpha value is -0.270. The molecule has 12 heavy (non-hydrogen) atoms. The summed E-state index contributed by atoms with van der Waals surface area (Å²) in [4.78, 5) is 0. The van der Waals surface area contributed by atoms with Crippen LogP contribution in [-0.4, -0.2) is 6.67 Å². The van der Waals surface area contributed by atoms with Crippen LogP contribution in [0.3, 0.4) is 0 Å². The van der Waals surface area contributed by atoms with Gasteiger partial charge in [-0.3, -0.25) is 4.39 Å². The van der Waals surface area contributed by atoms with Gasteiger partial charge in [-0.1, -0.05) is 29.3 Å². The summed E-state index contributed by atoms with van der Waals surface area (Å²) in [6, 6.07) is 5.01. The van der Waals surface area contributed by atoms with Crippen LogP contribution in [0.2, 0.25) is 10.0 Å². The first-order valence-electron chi connectivity index (χ1n) is 3.49. The first-order valence-corrected chi connectivity index (χ1v) is 4.24. The number of rotatable bonds is 2. The van der Waals surface area contributed by atoms with Crippen molar-refractivity contribution in [3.8, 4) is 0 Å². The SMILES string of the molecule is [CH2]C(CF)c1ccc(Cl)c(Cl)c1. The maximum absolute atomic E-state index is 12.2. The molecule has 0 aliphatic carbocycles. The van der Waals surface area contributed by atoms with E-state index >= 15 is 0 Å². The lowest BCUT2D eigenvalue weighted by atomic mass is 10.0. The molecule has 1 rings (SSSR count). The highest BCUT2D eigenvalue weighted by atomic mass is 35.5. The first kappa shape index (κ1) is 9.82. The van der Waals surface area contributed by atoms with E-state index in [1.165, 1.54) is 0 Å². The summed E-state index contributed by atoms with van der Waals surface area (Å²) in [5.74, 6) is -0.361. The maximum Gasteiger partial charge on any atom is 0.0962 e. The third-order valence-electron chi connectivity index (χ3n) is 1.60. The zero-order valence-electron chi connectivity index (χ0n) is 6.36. The molecule has 0 saturated heterocycles. The molecule has 1 atom stereocenters. The van der Waals surface area contributed by atoms with Gasteiger partial charge in [0.15, 0.2) is 0 Å². The van der Waals surface area contributed by atoms with Gasteiger partial charge in [0.25, 0.3) is 0 Å². The lowest BCUT2D eigenvalue weighted by molar-refractivity contribution is 0.465. The molecule has 0 N–H and O–H groups in total. The van der Waals surface area contributed by atoms with Crippen LogP contribution < -0.4 is 0 Å². The quantitative estimate of drug-likeness (QED) is 0.688. The summed E-state index contributed by atoms with van der Waals surface area (Å²) < 4.78 is 12.2. The van der Waals surface area contributed by atoms with E-state index in [-0.39, 0.29) is 5.92 Å². The predicted molar refractivity (Wildman–Crippen MR) is 50.5 cm³/mol. The summed E-state index contributed by atoms with van der Waals surface area (Å²) >= 11 is 11.4. The largest absolute Gasteiger partial charge is 0.250 e. The van der Waals surface area contributed by atoms with Gasteiger partial charge >= 0.3 is 0 Å². The summed E-state index contributed by atoms with van der Waals surface area (Å²) in [5.41, 5.74) is 0.770. The van der Waals surface area contributed by atoms with Crippen LogP contribution in [0.5, 0.6) is 0 Å². The first-order chi connectivity index (χ1) is 5.65. The Morgan fingerprint density at radius 2 is 2.00 bits per heavy atom. The van der Waals surface area contributed by atoms with Gasteiger partial charge in [0.1, 0.15) is 0 Å². The number of hydrogen-bond donors (Lipinski definition) is 0. The highest BCUT2D eigenvalue weighted by Crippen LogP contribution is 2.26. The van der Waals surface area contributed by atoms with Gasteiger partial charge in [-0.25, -0.2) is 0 Å². The van der Waals surface area contributed by atoms with E-state index in [1.54, 1.807) is 18.2 Å². The summed E-state index contributed by atoms with van der Waals surface area (Å²) in [6.07, 6.45) is 0. The van der Waals surface area contributed by atoms with Crippen LogP contribution >= 0.6 is 23.2 Å². The number of benzene rings is 1. The molecule has 1 aromatic carbocycles.